The quantitative estimate of drug-likeness (QED) is 0.620. The highest BCUT2D eigenvalue weighted by molar-refractivity contribution is 5.67. The molecule has 3 N–H and O–H groups in total. The molecule has 28 heavy (non-hydrogen) atoms. The first-order chi connectivity index (χ1) is 13.2. The highest BCUT2D eigenvalue weighted by Crippen LogP contribution is 2.36. The topological polar surface area (TPSA) is 78.8 Å². The van der Waals surface area contributed by atoms with E-state index in [1.807, 2.05) is 0 Å². The molecular weight excluding hydrogens is 382 g/mol. The molecule has 2 atom stereocenters. The average molecular weight is 401 g/mol. The fraction of sp³-hybridized carbons (Fsp3) is 0.316. The summed E-state index contributed by atoms with van der Waals surface area (Å²) in [5, 5.41) is 22.3. The van der Waals surface area contributed by atoms with Gasteiger partial charge in [-0.05, 0) is 35.7 Å². The number of rotatable bonds is 7. The molecule has 0 saturated heterocycles. The maximum absolute atomic E-state index is 13.3. The first-order valence-electron chi connectivity index (χ1n) is 8.36. The molecule has 0 radical (unpaired) electrons. The van der Waals surface area contributed by atoms with Crippen molar-refractivity contribution in [3.05, 3.63) is 71.0 Å². The van der Waals surface area contributed by atoms with Crippen molar-refractivity contribution in [1.82, 2.24) is 5.32 Å². The molecule has 1 amide bonds. The highest BCUT2D eigenvalue weighted by atomic mass is 19.4. The number of halogens is 4. The van der Waals surface area contributed by atoms with Crippen LogP contribution in [-0.2, 0) is 17.5 Å². The Morgan fingerprint density at radius 3 is 2.43 bits per heavy atom. The molecule has 9 heteroatoms. The smallest absolute Gasteiger partial charge is 0.416 e. The molecule has 0 spiro atoms. The number of nitrogens with one attached hydrogen (secondary N) is 1. The molecular formula is C19H19F4NO4. The minimum Gasteiger partial charge on any atom is -0.445 e. The molecule has 0 aromatic heterocycles. The van der Waals surface area contributed by atoms with E-state index in [0.29, 0.717) is 18.2 Å². The van der Waals surface area contributed by atoms with Crippen LogP contribution in [0.15, 0.2) is 48.5 Å². The zero-order chi connectivity index (χ0) is 20.7. The van der Waals surface area contributed by atoms with Crippen molar-refractivity contribution < 1.29 is 37.3 Å². The Hall–Kier alpha value is -2.65. The van der Waals surface area contributed by atoms with Crippen LogP contribution in [0.2, 0.25) is 0 Å². The largest absolute Gasteiger partial charge is 0.445 e. The third kappa shape index (κ3) is 6.21. The molecule has 2 rings (SSSR count). The Balaban J connectivity index is 1.87. The number of carbonyl (C=O) groups is 1. The molecule has 0 heterocycles. The first-order valence-corrected chi connectivity index (χ1v) is 8.36. The number of ether oxygens (including phenoxy) is 1. The number of aliphatic hydroxyl groups is 2. The highest BCUT2D eigenvalue weighted by Gasteiger charge is 2.36. The van der Waals surface area contributed by atoms with Crippen LogP contribution in [0.25, 0.3) is 0 Å². The summed E-state index contributed by atoms with van der Waals surface area (Å²) >= 11 is 0. The van der Waals surface area contributed by atoms with Crippen LogP contribution in [-0.4, -0.2) is 29.0 Å². The van der Waals surface area contributed by atoms with Gasteiger partial charge in [0.05, 0.1) is 11.7 Å². The number of hydrogen-bond donors (Lipinski definition) is 3. The van der Waals surface area contributed by atoms with Crippen molar-refractivity contribution in [3.63, 3.8) is 0 Å². The van der Waals surface area contributed by atoms with Crippen molar-refractivity contribution in [2.75, 3.05) is 6.54 Å². The van der Waals surface area contributed by atoms with E-state index in [0.717, 1.165) is 5.56 Å². The summed E-state index contributed by atoms with van der Waals surface area (Å²) in [4.78, 5) is 11.6. The van der Waals surface area contributed by atoms with Gasteiger partial charge in [-0.15, -0.1) is 0 Å². The zero-order valence-corrected chi connectivity index (χ0v) is 14.6. The second-order valence-corrected chi connectivity index (χ2v) is 6.02. The Bertz CT molecular complexity index is 783. The van der Waals surface area contributed by atoms with E-state index in [2.05, 4.69) is 5.32 Å². The summed E-state index contributed by atoms with van der Waals surface area (Å²) in [6.07, 6.45) is -9.50. The SMILES string of the molecule is O=C(NCCC(O)C(O)c1cc(F)ccc1C(F)(F)F)OCc1ccccc1. The summed E-state index contributed by atoms with van der Waals surface area (Å²) in [5.41, 5.74) is -1.25. The fourth-order valence-corrected chi connectivity index (χ4v) is 2.50. The van der Waals surface area contributed by atoms with Gasteiger partial charge < -0.3 is 20.3 Å². The predicted octanol–water partition coefficient (Wildman–Crippen LogP) is 3.56. The van der Waals surface area contributed by atoms with Gasteiger partial charge in [0.25, 0.3) is 0 Å². The summed E-state index contributed by atoms with van der Waals surface area (Å²) in [7, 11) is 0. The standard InChI is InChI=1S/C19H19F4NO4/c20-13-6-7-15(19(21,22)23)14(10-13)17(26)16(25)8-9-24-18(27)28-11-12-4-2-1-3-5-12/h1-7,10,16-17,25-26H,8-9,11H2,(H,24,27). The summed E-state index contributed by atoms with van der Waals surface area (Å²) in [6, 6.07) is 10.5. The van der Waals surface area contributed by atoms with Crippen molar-refractivity contribution in [3.8, 4) is 0 Å². The zero-order valence-electron chi connectivity index (χ0n) is 14.6. The molecule has 0 fully saturated rings. The lowest BCUT2D eigenvalue weighted by atomic mass is 9.96. The van der Waals surface area contributed by atoms with Crippen molar-refractivity contribution in [2.45, 2.75) is 31.4 Å². The second-order valence-electron chi connectivity index (χ2n) is 6.02. The number of amides is 1. The van der Waals surface area contributed by atoms with E-state index in [4.69, 9.17) is 4.74 Å². The normalized spacial score (nSPS) is 13.6. The lowest BCUT2D eigenvalue weighted by Crippen LogP contribution is -2.30. The van der Waals surface area contributed by atoms with Crippen molar-refractivity contribution >= 4 is 6.09 Å². The number of hydrogen-bond acceptors (Lipinski definition) is 4. The van der Waals surface area contributed by atoms with Gasteiger partial charge in [-0.3, -0.25) is 0 Å². The molecule has 0 aliphatic rings. The third-order valence-electron chi connectivity index (χ3n) is 3.92. The van der Waals surface area contributed by atoms with Gasteiger partial charge in [0, 0.05) is 6.54 Å². The molecule has 0 aliphatic heterocycles. The number of benzene rings is 2. The van der Waals surface area contributed by atoms with E-state index in [-0.39, 0.29) is 19.6 Å². The number of alkyl halides is 3. The van der Waals surface area contributed by atoms with Crippen molar-refractivity contribution in [2.24, 2.45) is 0 Å². The average Bonchev–Trinajstić information content (AvgIpc) is 2.65. The summed E-state index contributed by atoms with van der Waals surface area (Å²) in [6.45, 7) is -0.140. The van der Waals surface area contributed by atoms with Gasteiger partial charge in [0.1, 0.15) is 18.5 Å². The van der Waals surface area contributed by atoms with Crippen LogP contribution in [0.4, 0.5) is 22.4 Å². The van der Waals surface area contributed by atoms with Crippen LogP contribution in [0, 0.1) is 5.82 Å². The Morgan fingerprint density at radius 2 is 1.79 bits per heavy atom. The summed E-state index contributed by atoms with van der Waals surface area (Å²) in [5.74, 6) is -0.975. The first kappa shape index (κ1) is 21.6. The maximum Gasteiger partial charge on any atom is 0.416 e. The predicted molar refractivity (Wildman–Crippen MR) is 91.6 cm³/mol. The van der Waals surface area contributed by atoms with Crippen molar-refractivity contribution in [1.29, 1.82) is 0 Å². The molecule has 0 bridgehead atoms. The number of carbonyl (C=O) groups excluding carboxylic acids is 1. The second kappa shape index (κ2) is 9.52. The molecule has 2 aromatic rings. The Kier molecular flexibility index (Phi) is 7.36. The molecule has 0 aliphatic carbocycles. The van der Waals surface area contributed by atoms with E-state index in [1.54, 1.807) is 30.3 Å². The minimum atomic E-state index is -4.82. The van der Waals surface area contributed by atoms with Crippen LogP contribution in [0.5, 0.6) is 0 Å². The van der Waals surface area contributed by atoms with Gasteiger partial charge in [-0.1, -0.05) is 30.3 Å². The van der Waals surface area contributed by atoms with Gasteiger partial charge >= 0.3 is 12.3 Å². The molecule has 2 aromatic carbocycles. The Morgan fingerprint density at radius 1 is 1.11 bits per heavy atom. The molecule has 0 saturated carbocycles. The number of aliphatic hydroxyl groups excluding tert-OH is 2. The number of alkyl carbamates (subject to hydrolysis) is 1. The van der Waals surface area contributed by atoms with Gasteiger partial charge in [0.15, 0.2) is 0 Å². The van der Waals surface area contributed by atoms with Crippen LogP contribution in [0.3, 0.4) is 0 Å². The maximum atomic E-state index is 13.3. The van der Waals surface area contributed by atoms with Gasteiger partial charge in [-0.25, -0.2) is 9.18 Å². The molecule has 2 unspecified atom stereocenters. The van der Waals surface area contributed by atoms with Gasteiger partial charge in [0.2, 0.25) is 0 Å². The monoisotopic (exact) mass is 401 g/mol. The Labute approximate surface area is 158 Å². The van der Waals surface area contributed by atoms with E-state index >= 15 is 0 Å². The third-order valence-corrected chi connectivity index (χ3v) is 3.92. The van der Waals surface area contributed by atoms with E-state index in [9.17, 15) is 32.6 Å². The van der Waals surface area contributed by atoms with Gasteiger partial charge in [-0.2, -0.15) is 13.2 Å². The minimum absolute atomic E-state index is 0.0239. The van der Waals surface area contributed by atoms with Crippen LogP contribution < -0.4 is 5.32 Å². The summed E-state index contributed by atoms with van der Waals surface area (Å²) < 4.78 is 57.2. The van der Waals surface area contributed by atoms with E-state index < -0.39 is 41.4 Å². The van der Waals surface area contributed by atoms with Crippen LogP contribution >= 0.6 is 0 Å². The van der Waals surface area contributed by atoms with E-state index in [1.165, 1.54) is 0 Å². The van der Waals surface area contributed by atoms with Crippen LogP contribution in [0.1, 0.15) is 29.2 Å². The lowest BCUT2D eigenvalue weighted by Gasteiger charge is -2.22. The molecule has 152 valence electrons. The fourth-order valence-electron chi connectivity index (χ4n) is 2.50. The molecule has 5 nitrogen and oxygen atoms in total. The lowest BCUT2D eigenvalue weighted by molar-refractivity contribution is -0.140.